The second kappa shape index (κ2) is 16.3. The second-order valence-electron chi connectivity index (χ2n) is 11.4. The summed E-state index contributed by atoms with van der Waals surface area (Å²) < 4.78 is 24.0. The Balaban J connectivity index is 2.20. The number of fused-ring (bicyclic) bond motifs is 1. The van der Waals surface area contributed by atoms with Crippen molar-refractivity contribution in [2.75, 3.05) is 13.2 Å². The van der Waals surface area contributed by atoms with Gasteiger partial charge < -0.3 is 18.6 Å². The Hall–Kier alpha value is -2.69. The quantitative estimate of drug-likeness (QED) is 0.117. The van der Waals surface area contributed by atoms with Gasteiger partial charge in [0, 0.05) is 0 Å². The summed E-state index contributed by atoms with van der Waals surface area (Å²) in [5.41, 5.74) is 1.93. The van der Waals surface area contributed by atoms with Crippen LogP contribution in [0.1, 0.15) is 113 Å². The molecule has 0 unspecified atom stereocenters. The molecule has 0 radical (unpaired) electrons. The van der Waals surface area contributed by atoms with Crippen molar-refractivity contribution in [1.29, 1.82) is 0 Å². The number of allylic oxidation sites excluding steroid dienone is 3. The molecule has 1 aromatic carbocycles. The molecule has 0 N–H and O–H groups in total. The molecule has 1 aromatic heterocycles. The Kier molecular flexibility index (Phi) is 13.5. The molecule has 2 rings (SSSR count). The first-order valence-corrected chi connectivity index (χ1v) is 14.5. The molecule has 0 atom stereocenters. The summed E-state index contributed by atoms with van der Waals surface area (Å²) in [4.78, 5) is 13.1. The molecule has 0 aliphatic carbocycles. The van der Waals surface area contributed by atoms with Gasteiger partial charge in [0.05, 0.1) is 12.0 Å². The molecule has 5 heteroatoms. The minimum atomic E-state index is -0.552. The lowest BCUT2D eigenvalue weighted by atomic mass is 10.1. The lowest BCUT2D eigenvalue weighted by Gasteiger charge is -2.22. The summed E-state index contributed by atoms with van der Waals surface area (Å²) in [7, 11) is 0. The van der Waals surface area contributed by atoms with E-state index in [1.54, 1.807) is 0 Å². The third-order valence-corrected chi connectivity index (χ3v) is 6.22. The Bertz CT molecular complexity index is 1100. The largest absolute Gasteiger partial charge is 0.489 e. The highest BCUT2D eigenvalue weighted by Gasteiger charge is 2.22. The van der Waals surface area contributed by atoms with Crippen LogP contribution in [0.2, 0.25) is 0 Å². The zero-order chi connectivity index (χ0) is 28.0. The van der Waals surface area contributed by atoms with Crippen LogP contribution >= 0.6 is 0 Å². The van der Waals surface area contributed by atoms with E-state index in [1.807, 2.05) is 45.0 Å². The number of para-hydroxylation sites is 1. The molecule has 5 nitrogen and oxygen atoms in total. The fourth-order valence-electron chi connectivity index (χ4n) is 4.20. The Labute approximate surface area is 230 Å². The van der Waals surface area contributed by atoms with Crippen LogP contribution in [0.25, 0.3) is 11.0 Å². The third kappa shape index (κ3) is 11.4. The number of hydrogen-bond acceptors (Lipinski definition) is 5. The molecule has 0 saturated heterocycles. The third-order valence-electron chi connectivity index (χ3n) is 6.22. The smallest absolute Gasteiger partial charge is 0.383 e. The number of benzene rings is 1. The van der Waals surface area contributed by atoms with Gasteiger partial charge in [-0.15, -0.1) is 0 Å². The average molecular weight is 527 g/mol. The molecule has 0 aliphatic rings. The van der Waals surface area contributed by atoms with Crippen molar-refractivity contribution in [1.82, 2.24) is 0 Å². The van der Waals surface area contributed by atoms with Crippen molar-refractivity contribution in [3.05, 3.63) is 51.9 Å². The SMILES string of the molecule is CCCCCCCCCCOc1c(OC/C=C(\C)CCC=C(C)C)c(=O)oc2c(OC(C)(C)C)cccc12. The maximum atomic E-state index is 13.1. The fraction of sp³-hybridized carbons (Fsp3) is 0.606. The summed E-state index contributed by atoms with van der Waals surface area (Å²) >= 11 is 0. The zero-order valence-electron chi connectivity index (χ0n) is 24.9. The summed E-state index contributed by atoms with van der Waals surface area (Å²) in [6.45, 7) is 15.2. The van der Waals surface area contributed by atoms with Crippen LogP contribution in [0.5, 0.6) is 17.2 Å². The van der Waals surface area contributed by atoms with Gasteiger partial charge in [0.1, 0.15) is 12.2 Å². The van der Waals surface area contributed by atoms with Crippen molar-refractivity contribution in [3.8, 4) is 17.2 Å². The van der Waals surface area contributed by atoms with Gasteiger partial charge in [0.15, 0.2) is 17.1 Å². The predicted octanol–water partition coefficient (Wildman–Crippen LogP) is 9.56. The summed E-state index contributed by atoms with van der Waals surface area (Å²) in [6.07, 6.45) is 15.9. The maximum absolute atomic E-state index is 13.1. The zero-order valence-corrected chi connectivity index (χ0v) is 24.9. The molecule has 0 amide bonds. The highest BCUT2D eigenvalue weighted by atomic mass is 16.5. The highest BCUT2D eigenvalue weighted by Crippen LogP contribution is 2.38. The van der Waals surface area contributed by atoms with E-state index in [9.17, 15) is 4.79 Å². The van der Waals surface area contributed by atoms with E-state index in [1.165, 1.54) is 49.7 Å². The first-order valence-electron chi connectivity index (χ1n) is 14.5. The van der Waals surface area contributed by atoms with Gasteiger partial charge in [-0.05, 0) is 79.0 Å². The van der Waals surface area contributed by atoms with E-state index >= 15 is 0 Å². The fourth-order valence-corrected chi connectivity index (χ4v) is 4.20. The van der Waals surface area contributed by atoms with Crippen LogP contribution in [0.15, 0.2) is 50.7 Å². The van der Waals surface area contributed by atoms with Crippen molar-refractivity contribution >= 4 is 11.0 Å². The molecule has 0 aliphatic heterocycles. The molecular weight excluding hydrogens is 476 g/mol. The minimum absolute atomic E-state index is 0.123. The Morgan fingerprint density at radius 1 is 0.895 bits per heavy atom. The lowest BCUT2D eigenvalue weighted by molar-refractivity contribution is 0.131. The molecule has 38 heavy (non-hydrogen) atoms. The van der Waals surface area contributed by atoms with Gasteiger partial charge in [-0.2, -0.15) is 0 Å². The van der Waals surface area contributed by atoms with Crippen LogP contribution in [-0.4, -0.2) is 18.8 Å². The highest BCUT2D eigenvalue weighted by molar-refractivity contribution is 5.90. The molecule has 0 spiro atoms. The number of unbranched alkanes of at least 4 members (excludes halogenated alkanes) is 7. The number of hydrogen-bond donors (Lipinski definition) is 0. The first kappa shape index (κ1) is 31.5. The molecule has 0 bridgehead atoms. The molecule has 0 saturated carbocycles. The average Bonchev–Trinajstić information content (AvgIpc) is 2.83. The van der Waals surface area contributed by atoms with Gasteiger partial charge in [0.2, 0.25) is 5.75 Å². The van der Waals surface area contributed by atoms with Crippen LogP contribution in [-0.2, 0) is 0 Å². The molecule has 2 aromatic rings. The molecule has 0 fully saturated rings. The van der Waals surface area contributed by atoms with Crippen LogP contribution in [0.4, 0.5) is 0 Å². The maximum Gasteiger partial charge on any atom is 0.383 e. The minimum Gasteiger partial charge on any atom is -0.489 e. The van der Waals surface area contributed by atoms with Crippen LogP contribution < -0.4 is 19.8 Å². The van der Waals surface area contributed by atoms with E-state index in [4.69, 9.17) is 18.6 Å². The number of ether oxygens (including phenoxy) is 3. The standard InChI is InChI=1S/C33H50O5/c1-8-9-10-11-12-13-14-15-23-35-30-27-20-17-21-28(38-33(5,6)7)29(27)37-32(34)31(30)36-24-22-26(4)19-16-18-25(2)3/h17-18,20-22H,8-16,19,23-24H2,1-7H3/b26-22+. The van der Waals surface area contributed by atoms with Gasteiger partial charge in [-0.1, -0.05) is 75.2 Å². The van der Waals surface area contributed by atoms with Crippen molar-refractivity contribution in [3.63, 3.8) is 0 Å². The Morgan fingerprint density at radius 3 is 2.24 bits per heavy atom. The summed E-state index contributed by atoms with van der Waals surface area (Å²) in [6, 6.07) is 5.60. The molecule has 212 valence electrons. The van der Waals surface area contributed by atoms with Crippen LogP contribution in [0.3, 0.4) is 0 Å². The normalized spacial score (nSPS) is 12.0. The molecular formula is C33H50O5. The summed E-state index contributed by atoms with van der Waals surface area (Å²) in [5.74, 6) is 1.08. The van der Waals surface area contributed by atoms with E-state index in [0.717, 1.165) is 25.7 Å². The number of rotatable bonds is 17. The van der Waals surface area contributed by atoms with E-state index in [-0.39, 0.29) is 12.4 Å². The Morgan fingerprint density at radius 2 is 1.58 bits per heavy atom. The van der Waals surface area contributed by atoms with Gasteiger partial charge >= 0.3 is 5.63 Å². The molecule has 1 heterocycles. The van der Waals surface area contributed by atoms with Gasteiger partial charge in [0.25, 0.3) is 0 Å². The topological polar surface area (TPSA) is 57.9 Å². The second-order valence-corrected chi connectivity index (χ2v) is 11.4. The van der Waals surface area contributed by atoms with Crippen LogP contribution in [0, 0.1) is 0 Å². The van der Waals surface area contributed by atoms with Gasteiger partial charge in [-0.3, -0.25) is 0 Å². The predicted molar refractivity (Wildman–Crippen MR) is 159 cm³/mol. The monoisotopic (exact) mass is 526 g/mol. The van der Waals surface area contributed by atoms with E-state index in [0.29, 0.717) is 29.1 Å². The van der Waals surface area contributed by atoms with E-state index < -0.39 is 11.2 Å². The van der Waals surface area contributed by atoms with Crippen molar-refractivity contribution < 1.29 is 18.6 Å². The lowest BCUT2D eigenvalue weighted by Crippen LogP contribution is -2.23. The summed E-state index contributed by atoms with van der Waals surface area (Å²) in [5, 5.41) is 0.685. The van der Waals surface area contributed by atoms with Gasteiger partial charge in [-0.25, -0.2) is 4.79 Å². The van der Waals surface area contributed by atoms with Crippen molar-refractivity contribution in [2.45, 2.75) is 118 Å². The van der Waals surface area contributed by atoms with Crippen molar-refractivity contribution in [2.24, 2.45) is 0 Å². The first-order chi connectivity index (χ1) is 18.1. The van der Waals surface area contributed by atoms with E-state index in [2.05, 4.69) is 33.8 Å².